The fourth-order valence-electron chi connectivity index (χ4n) is 5.23. The van der Waals surface area contributed by atoms with E-state index in [1.807, 2.05) is 0 Å². The van der Waals surface area contributed by atoms with Crippen LogP contribution >= 0.6 is 0 Å². The summed E-state index contributed by atoms with van der Waals surface area (Å²) in [6, 6.07) is 7.84. The SMILES string of the molecule is Cc1cc(C)cc(N2CCC(N3C[C@H](O)[C@@H](N4CCN(C)CC4)C3)CC2)c1. The van der Waals surface area contributed by atoms with Crippen molar-refractivity contribution in [2.24, 2.45) is 0 Å². The van der Waals surface area contributed by atoms with E-state index in [1.54, 1.807) is 0 Å². The van der Waals surface area contributed by atoms with Crippen molar-refractivity contribution >= 4 is 5.69 Å². The van der Waals surface area contributed by atoms with Gasteiger partial charge < -0.3 is 14.9 Å². The van der Waals surface area contributed by atoms with Crippen molar-refractivity contribution in [3.63, 3.8) is 0 Å². The molecule has 2 atom stereocenters. The lowest BCUT2D eigenvalue weighted by Crippen LogP contribution is -2.53. The third-order valence-electron chi connectivity index (χ3n) is 6.85. The summed E-state index contributed by atoms with van der Waals surface area (Å²) in [5.41, 5.74) is 4.08. The summed E-state index contributed by atoms with van der Waals surface area (Å²) in [6.07, 6.45) is 2.22. The highest BCUT2D eigenvalue weighted by Crippen LogP contribution is 2.28. The fraction of sp³-hybridized carbons (Fsp3) is 0.727. The summed E-state index contributed by atoms with van der Waals surface area (Å²) in [5.74, 6) is 0. The Labute approximate surface area is 164 Å². The van der Waals surface area contributed by atoms with Crippen molar-refractivity contribution in [1.29, 1.82) is 0 Å². The number of hydrogen-bond donors (Lipinski definition) is 1. The van der Waals surface area contributed by atoms with Gasteiger partial charge in [0.25, 0.3) is 0 Å². The maximum atomic E-state index is 10.7. The second-order valence-corrected chi connectivity index (χ2v) is 8.99. The van der Waals surface area contributed by atoms with Crippen LogP contribution in [0.2, 0.25) is 0 Å². The van der Waals surface area contributed by atoms with Crippen LogP contribution in [0.1, 0.15) is 24.0 Å². The lowest BCUT2D eigenvalue weighted by Gasteiger charge is -2.39. The maximum absolute atomic E-state index is 10.7. The molecule has 3 aliphatic rings. The van der Waals surface area contributed by atoms with Gasteiger partial charge in [-0.3, -0.25) is 9.80 Å². The van der Waals surface area contributed by atoms with Gasteiger partial charge in [-0.05, 0) is 57.0 Å². The zero-order valence-corrected chi connectivity index (χ0v) is 17.3. The molecule has 0 saturated carbocycles. The molecule has 4 rings (SSSR count). The highest BCUT2D eigenvalue weighted by Gasteiger charge is 2.39. The average molecular weight is 373 g/mol. The van der Waals surface area contributed by atoms with Crippen LogP contribution in [0.5, 0.6) is 0 Å². The molecular weight excluding hydrogens is 336 g/mol. The smallest absolute Gasteiger partial charge is 0.0834 e. The summed E-state index contributed by atoms with van der Waals surface area (Å²) in [7, 11) is 2.19. The molecule has 150 valence electrons. The maximum Gasteiger partial charge on any atom is 0.0834 e. The van der Waals surface area contributed by atoms with E-state index in [4.69, 9.17) is 0 Å². The molecule has 5 nitrogen and oxygen atoms in total. The second-order valence-electron chi connectivity index (χ2n) is 8.99. The van der Waals surface area contributed by atoms with E-state index in [1.165, 1.54) is 29.7 Å². The predicted octanol–water partition coefficient (Wildman–Crippen LogP) is 1.56. The van der Waals surface area contributed by atoms with Crippen LogP contribution < -0.4 is 4.90 Å². The number of piperazine rings is 1. The van der Waals surface area contributed by atoms with E-state index in [0.717, 1.165) is 52.4 Å². The summed E-state index contributed by atoms with van der Waals surface area (Å²) >= 11 is 0. The number of anilines is 1. The Bertz CT molecular complexity index is 615. The quantitative estimate of drug-likeness (QED) is 0.871. The number of aliphatic hydroxyl groups is 1. The van der Waals surface area contributed by atoms with Crippen molar-refractivity contribution in [2.45, 2.75) is 44.9 Å². The number of nitrogens with zero attached hydrogens (tertiary/aromatic N) is 4. The molecule has 1 N–H and O–H groups in total. The summed E-state index contributed by atoms with van der Waals surface area (Å²) in [6.45, 7) is 13.0. The molecule has 0 bridgehead atoms. The summed E-state index contributed by atoms with van der Waals surface area (Å²) in [4.78, 5) is 10.0. The van der Waals surface area contributed by atoms with Gasteiger partial charge >= 0.3 is 0 Å². The first kappa shape index (κ1) is 19.2. The van der Waals surface area contributed by atoms with E-state index >= 15 is 0 Å². The number of aliphatic hydroxyl groups excluding tert-OH is 1. The van der Waals surface area contributed by atoms with Crippen LogP contribution in [-0.2, 0) is 0 Å². The van der Waals surface area contributed by atoms with Gasteiger partial charge in [0, 0.05) is 70.1 Å². The topological polar surface area (TPSA) is 33.2 Å². The van der Waals surface area contributed by atoms with E-state index in [-0.39, 0.29) is 6.10 Å². The highest BCUT2D eigenvalue weighted by atomic mass is 16.3. The molecule has 3 heterocycles. The zero-order chi connectivity index (χ0) is 19.0. The third kappa shape index (κ3) is 4.32. The lowest BCUT2D eigenvalue weighted by molar-refractivity contribution is 0.0512. The molecule has 5 heteroatoms. The number of benzene rings is 1. The zero-order valence-electron chi connectivity index (χ0n) is 17.3. The third-order valence-corrected chi connectivity index (χ3v) is 6.85. The predicted molar refractivity (Wildman–Crippen MR) is 112 cm³/mol. The van der Waals surface area contributed by atoms with Gasteiger partial charge in [0.2, 0.25) is 0 Å². The molecule has 1 aromatic carbocycles. The Balaban J connectivity index is 1.32. The fourth-order valence-corrected chi connectivity index (χ4v) is 5.23. The first-order valence-corrected chi connectivity index (χ1v) is 10.7. The molecule has 3 fully saturated rings. The van der Waals surface area contributed by atoms with Gasteiger partial charge in [0.1, 0.15) is 0 Å². The summed E-state index contributed by atoms with van der Waals surface area (Å²) < 4.78 is 0. The van der Waals surface area contributed by atoms with E-state index < -0.39 is 0 Å². The van der Waals surface area contributed by atoms with Crippen LogP contribution in [0, 0.1) is 13.8 Å². The monoisotopic (exact) mass is 372 g/mol. The molecule has 27 heavy (non-hydrogen) atoms. The first-order valence-electron chi connectivity index (χ1n) is 10.7. The normalized spacial score (nSPS) is 29.6. The average Bonchev–Trinajstić information content (AvgIpc) is 3.03. The van der Waals surface area contributed by atoms with E-state index in [9.17, 15) is 5.11 Å². The van der Waals surface area contributed by atoms with Crippen molar-refractivity contribution in [3.8, 4) is 0 Å². The van der Waals surface area contributed by atoms with Gasteiger partial charge in [0.15, 0.2) is 0 Å². The molecule has 0 spiro atoms. The van der Waals surface area contributed by atoms with E-state index in [0.29, 0.717) is 12.1 Å². The molecule has 3 saturated heterocycles. The number of hydrogen-bond acceptors (Lipinski definition) is 5. The minimum absolute atomic E-state index is 0.189. The lowest BCUT2D eigenvalue weighted by atomic mass is 10.0. The van der Waals surface area contributed by atoms with Gasteiger partial charge in [-0.15, -0.1) is 0 Å². The van der Waals surface area contributed by atoms with Gasteiger partial charge in [-0.2, -0.15) is 0 Å². The Morgan fingerprint density at radius 1 is 0.815 bits per heavy atom. The molecular formula is C22H36N4O. The Morgan fingerprint density at radius 3 is 2.07 bits per heavy atom. The molecule has 0 amide bonds. The minimum atomic E-state index is -0.189. The largest absolute Gasteiger partial charge is 0.390 e. The van der Waals surface area contributed by atoms with Crippen LogP contribution in [0.4, 0.5) is 5.69 Å². The van der Waals surface area contributed by atoms with Crippen LogP contribution in [0.15, 0.2) is 18.2 Å². The number of piperidine rings is 1. The van der Waals surface area contributed by atoms with Crippen molar-refractivity contribution < 1.29 is 5.11 Å². The number of likely N-dealkylation sites (tertiary alicyclic amines) is 1. The molecule has 0 radical (unpaired) electrons. The number of β-amino-alcohol motifs (C(OH)–C–C–N with tert-alkyl or cyclic N) is 1. The van der Waals surface area contributed by atoms with Crippen molar-refractivity contribution in [1.82, 2.24) is 14.7 Å². The Morgan fingerprint density at radius 2 is 1.44 bits per heavy atom. The second kappa shape index (κ2) is 8.08. The number of rotatable bonds is 3. The van der Waals surface area contributed by atoms with Crippen LogP contribution in [0.3, 0.4) is 0 Å². The van der Waals surface area contributed by atoms with Gasteiger partial charge in [0.05, 0.1) is 6.10 Å². The molecule has 0 unspecified atom stereocenters. The van der Waals surface area contributed by atoms with Gasteiger partial charge in [-0.1, -0.05) is 6.07 Å². The summed E-state index contributed by atoms with van der Waals surface area (Å²) in [5, 5.41) is 10.7. The van der Waals surface area contributed by atoms with Crippen LogP contribution in [0.25, 0.3) is 0 Å². The Kier molecular flexibility index (Phi) is 5.74. The molecule has 1 aromatic rings. The molecule has 3 aliphatic heterocycles. The Hall–Kier alpha value is -1.14. The van der Waals surface area contributed by atoms with Crippen LogP contribution in [-0.4, -0.2) is 97.4 Å². The molecule has 0 aliphatic carbocycles. The standard InChI is InChI=1S/C22H36N4O/c1-17-12-18(2)14-20(13-17)24-6-4-19(5-7-24)26-15-21(22(27)16-26)25-10-8-23(3)9-11-25/h12-14,19,21-22,27H,4-11,15-16H2,1-3H3/t21-,22-/m0/s1. The van der Waals surface area contributed by atoms with E-state index in [2.05, 4.69) is 58.7 Å². The molecule has 0 aromatic heterocycles. The van der Waals surface area contributed by atoms with Gasteiger partial charge in [-0.25, -0.2) is 0 Å². The highest BCUT2D eigenvalue weighted by molar-refractivity contribution is 5.51. The van der Waals surface area contributed by atoms with Crippen molar-refractivity contribution in [3.05, 3.63) is 29.3 Å². The number of likely N-dealkylation sites (N-methyl/N-ethyl adjacent to an activating group) is 1. The van der Waals surface area contributed by atoms with Crippen molar-refractivity contribution in [2.75, 3.05) is 64.3 Å². The first-order chi connectivity index (χ1) is 13.0. The number of aryl methyl sites for hydroxylation is 2. The minimum Gasteiger partial charge on any atom is -0.390 e.